The molecule has 1 fully saturated rings. The Kier molecular flexibility index (Phi) is 4.43. The van der Waals surface area contributed by atoms with Gasteiger partial charge in [-0.2, -0.15) is 0 Å². The fourth-order valence-corrected chi connectivity index (χ4v) is 2.69. The zero-order chi connectivity index (χ0) is 13.2. The summed E-state index contributed by atoms with van der Waals surface area (Å²) in [7, 11) is 0. The Balaban J connectivity index is 1.93. The fourth-order valence-electron chi connectivity index (χ4n) is 2.06. The molecule has 0 amide bonds. The minimum absolute atomic E-state index is 0.236. The van der Waals surface area contributed by atoms with E-state index in [9.17, 15) is 0 Å². The summed E-state index contributed by atoms with van der Waals surface area (Å²) in [6, 6.07) is 8.75. The summed E-state index contributed by atoms with van der Waals surface area (Å²) in [4.78, 5) is 0. The highest BCUT2D eigenvalue weighted by atomic mass is 79.9. The van der Waals surface area contributed by atoms with Crippen LogP contribution in [0.5, 0.6) is 0 Å². The fraction of sp³-hybridized carbons (Fsp3) is 0.571. The summed E-state index contributed by atoms with van der Waals surface area (Å²) < 4.78 is 12.4. The summed E-state index contributed by atoms with van der Waals surface area (Å²) in [6.07, 6.45) is 0. The standard InChI is InChI=1S/C14H20BrNO2/c1-10(12-6-4-5-7-13(12)15)16-11-8-17-14(2,3)18-9-11/h4-7,10-11,16H,8-9H2,1-3H3. The van der Waals surface area contributed by atoms with Gasteiger partial charge in [0.25, 0.3) is 0 Å². The van der Waals surface area contributed by atoms with Crippen LogP contribution in [-0.4, -0.2) is 25.0 Å². The molecule has 4 heteroatoms. The minimum Gasteiger partial charge on any atom is -0.349 e. The quantitative estimate of drug-likeness (QED) is 0.929. The molecule has 0 bridgehead atoms. The van der Waals surface area contributed by atoms with Crippen molar-refractivity contribution in [2.75, 3.05) is 13.2 Å². The van der Waals surface area contributed by atoms with Gasteiger partial charge in [0.15, 0.2) is 5.79 Å². The van der Waals surface area contributed by atoms with Crippen LogP contribution in [0, 0.1) is 0 Å². The lowest BCUT2D eigenvalue weighted by Gasteiger charge is -2.36. The summed E-state index contributed by atoms with van der Waals surface area (Å²) in [5.41, 5.74) is 1.25. The number of benzene rings is 1. The predicted octanol–water partition coefficient (Wildman–Crippen LogP) is 3.25. The van der Waals surface area contributed by atoms with Crippen LogP contribution in [0.2, 0.25) is 0 Å². The van der Waals surface area contributed by atoms with E-state index in [1.165, 1.54) is 5.56 Å². The number of hydrogen-bond donors (Lipinski definition) is 1. The van der Waals surface area contributed by atoms with Crippen LogP contribution >= 0.6 is 15.9 Å². The molecule has 18 heavy (non-hydrogen) atoms. The van der Waals surface area contributed by atoms with Crippen molar-refractivity contribution in [1.29, 1.82) is 0 Å². The maximum atomic E-state index is 5.65. The van der Waals surface area contributed by atoms with Gasteiger partial charge in [-0.1, -0.05) is 34.1 Å². The lowest BCUT2D eigenvalue weighted by molar-refractivity contribution is -0.253. The van der Waals surface area contributed by atoms with Crippen LogP contribution in [0.3, 0.4) is 0 Å². The Morgan fingerprint density at radius 1 is 1.28 bits per heavy atom. The zero-order valence-corrected chi connectivity index (χ0v) is 12.7. The first-order valence-electron chi connectivity index (χ1n) is 6.26. The molecule has 1 heterocycles. The van der Waals surface area contributed by atoms with Crippen LogP contribution in [-0.2, 0) is 9.47 Å². The molecule has 0 radical (unpaired) electrons. The highest BCUT2D eigenvalue weighted by molar-refractivity contribution is 9.10. The lowest BCUT2D eigenvalue weighted by Crippen LogP contribution is -2.49. The second-order valence-corrected chi connectivity index (χ2v) is 5.98. The van der Waals surface area contributed by atoms with Crippen molar-refractivity contribution in [2.24, 2.45) is 0 Å². The van der Waals surface area contributed by atoms with Crippen molar-refractivity contribution in [3.63, 3.8) is 0 Å². The van der Waals surface area contributed by atoms with E-state index in [4.69, 9.17) is 9.47 Å². The second kappa shape index (κ2) is 5.70. The van der Waals surface area contributed by atoms with Gasteiger partial charge in [-0.15, -0.1) is 0 Å². The molecule has 3 nitrogen and oxygen atoms in total. The first kappa shape index (κ1) is 14.0. The van der Waals surface area contributed by atoms with Gasteiger partial charge in [-0.25, -0.2) is 0 Å². The van der Waals surface area contributed by atoms with Crippen LogP contribution in [0.4, 0.5) is 0 Å². The van der Waals surface area contributed by atoms with Crippen molar-refractivity contribution >= 4 is 15.9 Å². The SMILES string of the molecule is CC(NC1COC(C)(C)OC1)c1ccccc1Br. The van der Waals surface area contributed by atoms with Crippen LogP contribution in [0.15, 0.2) is 28.7 Å². The van der Waals surface area contributed by atoms with E-state index in [1.54, 1.807) is 0 Å². The topological polar surface area (TPSA) is 30.5 Å². The smallest absolute Gasteiger partial charge is 0.162 e. The van der Waals surface area contributed by atoms with Gasteiger partial charge >= 0.3 is 0 Å². The third-order valence-corrected chi connectivity index (χ3v) is 3.84. The molecule has 1 atom stereocenters. The Hall–Kier alpha value is -0.420. The normalized spacial score (nSPS) is 21.8. The molecule has 0 spiro atoms. The van der Waals surface area contributed by atoms with E-state index in [1.807, 2.05) is 19.9 Å². The van der Waals surface area contributed by atoms with Gasteiger partial charge in [0, 0.05) is 10.5 Å². The van der Waals surface area contributed by atoms with E-state index in [0.29, 0.717) is 13.2 Å². The maximum absolute atomic E-state index is 5.65. The van der Waals surface area contributed by atoms with Crippen molar-refractivity contribution in [3.8, 4) is 0 Å². The lowest BCUT2D eigenvalue weighted by atomic mass is 10.1. The third-order valence-electron chi connectivity index (χ3n) is 3.12. The van der Waals surface area contributed by atoms with Crippen molar-refractivity contribution in [2.45, 2.75) is 38.6 Å². The first-order valence-corrected chi connectivity index (χ1v) is 7.05. The van der Waals surface area contributed by atoms with Crippen molar-refractivity contribution < 1.29 is 9.47 Å². The molecule has 1 saturated heterocycles. The van der Waals surface area contributed by atoms with Crippen LogP contribution < -0.4 is 5.32 Å². The molecular weight excluding hydrogens is 294 g/mol. The molecule has 0 saturated carbocycles. The van der Waals surface area contributed by atoms with Crippen LogP contribution in [0.1, 0.15) is 32.4 Å². The average molecular weight is 314 g/mol. The predicted molar refractivity (Wildman–Crippen MR) is 75.5 cm³/mol. The van der Waals surface area contributed by atoms with E-state index in [0.717, 1.165) is 4.47 Å². The Morgan fingerprint density at radius 3 is 2.50 bits per heavy atom. The summed E-state index contributed by atoms with van der Waals surface area (Å²) >= 11 is 3.58. The molecule has 1 aromatic rings. The molecule has 1 unspecified atom stereocenters. The number of hydrogen-bond acceptors (Lipinski definition) is 3. The van der Waals surface area contributed by atoms with Crippen molar-refractivity contribution in [1.82, 2.24) is 5.32 Å². The molecular formula is C14H20BrNO2. The first-order chi connectivity index (χ1) is 8.48. The number of halogens is 1. The van der Waals surface area contributed by atoms with Crippen LogP contribution in [0.25, 0.3) is 0 Å². The molecule has 0 aliphatic carbocycles. The Bertz CT molecular complexity index is 399. The van der Waals surface area contributed by atoms with Gasteiger partial charge < -0.3 is 14.8 Å². The number of rotatable bonds is 3. The van der Waals surface area contributed by atoms with E-state index < -0.39 is 5.79 Å². The largest absolute Gasteiger partial charge is 0.349 e. The highest BCUT2D eigenvalue weighted by Gasteiger charge is 2.29. The maximum Gasteiger partial charge on any atom is 0.162 e. The summed E-state index contributed by atoms with van der Waals surface area (Å²) in [5.74, 6) is -0.450. The van der Waals surface area contributed by atoms with E-state index in [2.05, 4.69) is 46.4 Å². The van der Waals surface area contributed by atoms with Crippen molar-refractivity contribution in [3.05, 3.63) is 34.3 Å². The van der Waals surface area contributed by atoms with Gasteiger partial charge in [-0.05, 0) is 32.4 Å². The average Bonchev–Trinajstić information content (AvgIpc) is 2.32. The number of ether oxygens (including phenoxy) is 2. The summed E-state index contributed by atoms with van der Waals surface area (Å²) in [5, 5.41) is 3.53. The highest BCUT2D eigenvalue weighted by Crippen LogP contribution is 2.24. The Morgan fingerprint density at radius 2 is 1.89 bits per heavy atom. The van der Waals surface area contributed by atoms with E-state index in [-0.39, 0.29) is 12.1 Å². The summed E-state index contributed by atoms with van der Waals surface area (Å²) in [6.45, 7) is 7.41. The Labute approximate surface area is 117 Å². The van der Waals surface area contributed by atoms with E-state index >= 15 is 0 Å². The minimum atomic E-state index is -0.450. The van der Waals surface area contributed by atoms with Gasteiger partial charge in [0.05, 0.1) is 19.3 Å². The van der Waals surface area contributed by atoms with Gasteiger partial charge in [-0.3, -0.25) is 0 Å². The molecule has 1 N–H and O–H groups in total. The molecule has 100 valence electrons. The molecule has 0 aromatic heterocycles. The molecule has 1 aliphatic heterocycles. The van der Waals surface area contributed by atoms with Gasteiger partial charge in [0.1, 0.15) is 0 Å². The number of nitrogens with one attached hydrogen (secondary N) is 1. The molecule has 1 aromatic carbocycles. The zero-order valence-electron chi connectivity index (χ0n) is 11.1. The van der Waals surface area contributed by atoms with Gasteiger partial charge in [0.2, 0.25) is 0 Å². The molecule has 2 rings (SSSR count). The third kappa shape index (κ3) is 3.54. The monoisotopic (exact) mass is 313 g/mol. The molecule has 1 aliphatic rings. The second-order valence-electron chi connectivity index (χ2n) is 5.13.